The molecule has 0 spiro atoms. The maximum Gasteiger partial charge on any atom is 0.245 e. The summed E-state index contributed by atoms with van der Waals surface area (Å²) in [5, 5.41) is 44.4. The predicted octanol–water partition coefficient (Wildman–Crippen LogP) is -2.82. The molecule has 0 bridgehead atoms. The van der Waals surface area contributed by atoms with Gasteiger partial charge in [0.25, 0.3) is 0 Å². The Labute approximate surface area is 488 Å². The van der Waals surface area contributed by atoms with E-state index in [1.807, 2.05) is 0 Å². The molecule has 2 aliphatic rings. The van der Waals surface area contributed by atoms with Crippen molar-refractivity contribution in [3.05, 3.63) is 84.1 Å². The number of nitrogens with zero attached hydrogens (tertiary/aromatic N) is 2. The van der Waals surface area contributed by atoms with Crippen LogP contribution < -0.4 is 53.6 Å². The predicted molar refractivity (Wildman–Crippen MR) is 307 cm³/mol. The molecule has 2 aromatic carbocycles. The normalized spacial score (nSPS) is 25.4. The molecule has 10 atom stereocenters. The molecule has 27 nitrogen and oxygen atoms in total. The third-order valence-corrected chi connectivity index (χ3v) is 14.8. The highest BCUT2D eigenvalue weighted by atomic mass is 32.1. The van der Waals surface area contributed by atoms with E-state index in [9.17, 15) is 63.0 Å². The molecule has 2 fully saturated rings. The standard InChI is InChI=1S/C54H72N14O13S2/c1-27(2)17-36-46(73)63-39(20-31-22-56-26-58-31)49(76)60-35(14-15-44(55)71)54(81)68-16-6-9-43(68)53(80)64-37(18-29-10-12-32(70)13-11-29)47(74)67-41(24-82)51(78)59-28(3)45(72)66-42(25-83)52(79)65-40(23-69)50(77)62-38(48(75)61-36)19-30-21-57-34-8-5-4-7-33(30)34/h4-5,7-8,10-13,21-22,26-28,35-43,57,69-70,82-83H,6,9,14-20,23-25H2,1-3H3,(H2,55,71)(H,56,58)(H,59,78)(H,60,76)(H,61,75)(H,62,77)(H,63,73)(H,64,80)(H,65,79)(H,66,72)(H,67,74)/t28-,35-,36-,37-,38-,39-,40-,41-,42-,43-/m0/s1. The monoisotopic (exact) mass is 1190 g/mol. The summed E-state index contributed by atoms with van der Waals surface area (Å²) < 4.78 is 0. The van der Waals surface area contributed by atoms with Crippen LogP contribution in [-0.2, 0) is 72.0 Å². The van der Waals surface area contributed by atoms with Gasteiger partial charge in [-0.3, -0.25) is 52.7 Å². The Bertz CT molecular complexity index is 2980. The molecule has 11 amide bonds. The molecule has 6 rings (SSSR count). The number of aromatic nitrogens is 3. The first-order chi connectivity index (χ1) is 39.6. The van der Waals surface area contributed by atoms with E-state index >= 15 is 0 Å². The van der Waals surface area contributed by atoms with Gasteiger partial charge in [0.05, 0.1) is 12.9 Å². The first-order valence-electron chi connectivity index (χ1n) is 27.0. The van der Waals surface area contributed by atoms with Gasteiger partial charge in [0.15, 0.2) is 0 Å². The number of aliphatic hydroxyl groups excluding tert-OH is 1. The van der Waals surface area contributed by atoms with Crippen LogP contribution in [0.4, 0.5) is 0 Å². The van der Waals surface area contributed by atoms with Gasteiger partial charge in [-0.2, -0.15) is 25.3 Å². The number of imidazole rings is 1. The molecule has 83 heavy (non-hydrogen) atoms. The molecule has 448 valence electrons. The van der Waals surface area contributed by atoms with Gasteiger partial charge in [0.2, 0.25) is 65.0 Å². The summed E-state index contributed by atoms with van der Waals surface area (Å²) in [6.07, 6.45) is 3.36. The maximum atomic E-state index is 14.7. The number of aliphatic hydroxyl groups is 1. The van der Waals surface area contributed by atoms with E-state index in [2.05, 4.69) is 88.1 Å². The zero-order valence-corrected chi connectivity index (χ0v) is 47.7. The Hall–Kier alpha value is -8.18. The van der Waals surface area contributed by atoms with Gasteiger partial charge in [0.1, 0.15) is 66.2 Å². The smallest absolute Gasteiger partial charge is 0.245 e. The number of hydrogen-bond acceptors (Lipinski definition) is 16. The molecule has 29 heteroatoms. The molecule has 2 aromatic heterocycles. The van der Waals surface area contributed by atoms with E-state index in [0.29, 0.717) is 27.7 Å². The highest BCUT2D eigenvalue weighted by Gasteiger charge is 2.41. The number of carbonyl (C=O) groups excluding carboxylic acids is 11. The quantitative estimate of drug-likeness (QED) is 0.0567. The Morgan fingerprint density at radius 3 is 1.80 bits per heavy atom. The largest absolute Gasteiger partial charge is 0.508 e. The van der Waals surface area contributed by atoms with E-state index < -0.39 is 138 Å². The minimum Gasteiger partial charge on any atom is -0.508 e. The molecule has 2 saturated heterocycles. The second-order valence-electron chi connectivity index (χ2n) is 20.8. The lowest BCUT2D eigenvalue weighted by Gasteiger charge is -2.31. The summed E-state index contributed by atoms with van der Waals surface area (Å²) in [6, 6.07) is -1.73. The fourth-order valence-electron chi connectivity index (χ4n) is 9.54. The first kappa shape index (κ1) is 64.0. The molecular formula is C54H72N14O13S2. The van der Waals surface area contributed by atoms with E-state index in [-0.39, 0.29) is 74.7 Å². The molecule has 15 N–H and O–H groups in total. The lowest BCUT2D eigenvalue weighted by atomic mass is 9.99. The van der Waals surface area contributed by atoms with Crippen molar-refractivity contribution in [2.75, 3.05) is 24.7 Å². The second-order valence-corrected chi connectivity index (χ2v) is 21.5. The van der Waals surface area contributed by atoms with Crippen LogP contribution in [0.3, 0.4) is 0 Å². The molecule has 0 unspecified atom stereocenters. The number of phenols is 1. The Kier molecular flexibility index (Phi) is 23.3. The Morgan fingerprint density at radius 1 is 0.651 bits per heavy atom. The average molecular weight is 1190 g/mol. The molecule has 4 aromatic rings. The molecule has 2 aliphatic heterocycles. The maximum absolute atomic E-state index is 14.7. The summed E-state index contributed by atoms with van der Waals surface area (Å²) in [4.78, 5) is 166. The SMILES string of the molecule is CC(C)C[C@@H]1NC(=O)[C@H](Cc2c[nH]c3ccccc23)NC(=O)[C@H](CO)NC(=O)[C@H](CS)NC(=O)[C@H](C)NC(=O)[C@H](CS)NC(=O)[C@H](Cc2ccc(O)cc2)NC(=O)[C@@H]2CCCN2C(=O)[C@H](CCC(N)=O)NC(=O)[C@H](Cc2cnc[nH]2)NC1=O. The summed E-state index contributed by atoms with van der Waals surface area (Å²) in [6.45, 7) is 3.83. The highest BCUT2D eigenvalue weighted by molar-refractivity contribution is 7.80. The minimum absolute atomic E-state index is 0.00490. The van der Waals surface area contributed by atoms with Crippen LogP contribution in [0.1, 0.15) is 69.7 Å². The van der Waals surface area contributed by atoms with E-state index in [1.54, 1.807) is 44.3 Å². The Morgan fingerprint density at radius 2 is 1.18 bits per heavy atom. The molecule has 0 saturated carbocycles. The van der Waals surface area contributed by atoms with Crippen LogP contribution in [0.2, 0.25) is 0 Å². The minimum atomic E-state index is -1.73. The highest BCUT2D eigenvalue weighted by Crippen LogP contribution is 2.23. The summed E-state index contributed by atoms with van der Waals surface area (Å²) >= 11 is 8.48. The number of nitrogens with two attached hydrogens (primary N) is 1. The topological polar surface area (TPSA) is 410 Å². The number of rotatable bonds is 14. The number of nitrogens with one attached hydrogen (secondary N) is 11. The number of para-hydroxylation sites is 1. The Balaban J connectivity index is 1.38. The molecule has 4 heterocycles. The number of aromatic hydroxyl groups is 1. The van der Waals surface area contributed by atoms with E-state index in [4.69, 9.17) is 5.73 Å². The fraction of sp³-hybridized carbons (Fsp3) is 0.481. The third kappa shape index (κ3) is 17.9. The van der Waals surface area contributed by atoms with Crippen molar-refractivity contribution < 1.29 is 63.0 Å². The van der Waals surface area contributed by atoms with Crippen molar-refractivity contribution in [3.8, 4) is 5.75 Å². The lowest BCUT2D eigenvalue weighted by Crippen LogP contribution is -2.62. The number of carbonyl (C=O) groups is 11. The number of benzene rings is 2. The lowest BCUT2D eigenvalue weighted by molar-refractivity contribution is -0.143. The number of fused-ring (bicyclic) bond motifs is 2. The fourth-order valence-corrected chi connectivity index (χ4v) is 10.1. The van der Waals surface area contributed by atoms with Gasteiger partial charge in [-0.25, -0.2) is 4.98 Å². The number of hydrogen-bond donors (Lipinski definition) is 16. The average Bonchev–Trinajstić information content (AvgIpc) is 4.38. The molecule has 0 aliphatic carbocycles. The molecular weight excluding hydrogens is 1120 g/mol. The van der Waals surface area contributed by atoms with Crippen LogP contribution >= 0.6 is 25.3 Å². The number of amides is 11. The number of H-pyrrole nitrogens is 2. The van der Waals surface area contributed by atoms with Gasteiger partial charge < -0.3 is 78.7 Å². The number of primary amides is 1. The van der Waals surface area contributed by atoms with Crippen LogP contribution in [0.5, 0.6) is 5.75 Å². The van der Waals surface area contributed by atoms with Gasteiger partial charge in [-0.05, 0) is 67.9 Å². The van der Waals surface area contributed by atoms with Gasteiger partial charge in [-0.15, -0.1) is 0 Å². The second kappa shape index (κ2) is 30.2. The van der Waals surface area contributed by atoms with Crippen molar-refractivity contribution >= 4 is 101 Å². The zero-order valence-electron chi connectivity index (χ0n) is 45.9. The zero-order chi connectivity index (χ0) is 60.5. The van der Waals surface area contributed by atoms with Crippen molar-refractivity contribution in [1.82, 2.24) is 67.7 Å². The summed E-state index contributed by atoms with van der Waals surface area (Å²) in [7, 11) is 0. The van der Waals surface area contributed by atoms with Crippen molar-refractivity contribution in [1.29, 1.82) is 0 Å². The summed E-state index contributed by atoms with van der Waals surface area (Å²) in [5.41, 5.74) is 7.63. The first-order valence-corrected chi connectivity index (χ1v) is 28.3. The van der Waals surface area contributed by atoms with Crippen molar-refractivity contribution in [2.45, 2.75) is 133 Å². The van der Waals surface area contributed by atoms with Crippen LogP contribution in [0.25, 0.3) is 10.9 Å². The van der Waals surface area contributed by atoms with Crippen LogP contribution in [-0.4, -0.2) is 180 Å². The third-order valence-electron chi connectivity index (χ3n) is 14.0. The van der Waals surface area contributed by atoms with Crippen molar-refractivity contribution in [3.63, 3.8) is 0 Å². The van der Waals surface area contributed by atoms with Crippen LogP contribution in [0, 0.1) is 5.92 Å². The van der Waals surface area contributed by atoms with Gasteiger partial charge in [-0.1, -0.05) is 44.2 Å². The number of thiol groups is 2. The van der Waals surface area contributed by atoms with E-state index in [0.717, 1.165) is 0 Å². The summed E-state index contributed by atoms with van der Waals surface area (Å²) in [5.74, 6) is -10.9. The molecule has 0 radical (unpaired) electrons. The van der Waals surface area contributed by atoms with Crippen molar-refractivity contribution in [2.24, 2.45) is 11.7 Å². The van der Waals surface area contributed by atoms with Crippen LogP contribution in [0.15, 0.2) is 67.3 Å². The van der Waals surface area contributed by atoms with Gasteiger partial charge >= 0.3 is 0 Å². The number of phenolic OH excluding ortho intramolecular Hbond substituents is 1. The van der Waals surface area contributed by atoms with E-state index in [1.165, 1.54) is 48.6 Å². The van der Waals surface area contributed by atoms with Gasteiger partial charge in [0, 0.05) is 72.7 Å². The number of aromatic amines is 2.